The zero-order valence-electron chi connectivity index (χ0n) is 12.1. The van der Waals surface area contributed by atoms with Crippen molar-refractivity contribution in [3.63, 3.8) is 0 Å². The average molecular weight is 263 g/mol. The predicted molar refractivity (Wildman–Crippen MR) is 77.9 cm³/mol. The standard InChI is InChI=1S/C16H25NO2/c1-3-17(13-14-5-6-14)11-12-19-16-9-7-15(8-10-16)18-4-2/h7-10,14H,3-6,11-13H2,1-2H3. The zero-order valence-corrected chi connectivity index (χ0v) is 12.1. The van der Waals surface area contributed by atoms with Gasteiger partial charge in [0, 0.05) is 13.1 Å². The highest BCUT2D eigenvalue weighted by Gasteiger charge is 2.23. The van der Waals surface area contributed by atoms with Crippen molar-refractivity contribution in [3.8, 4) is 11.5 Å². The predicted octanol–water partition coefficient (Wildman–Crippen LogP) is 3.20. The Kier molecular flexibility index (Phi) is 5.52. The maximum Gasteiger partial charge on any atom is 0.119 e. The number of rotatable bonds is 9. The van der Waals surface area contributed by atoms with E-state index in [0.717, 1.165) is 37.1 Å². The number of hydrogen-bond acceptors (Lipinski definition) is 3. The number of hydrogen-bond donors (Lipinski definition) is 0. The Balaban J connectivity index is 1.68. The van der Waals surface area contributed by atoms with Gasteiger partial charge in [0.15, 0.2) is 0 Å². The van der Waals surface area contributed by atoms with Crippen molar-refractivity contribution in [2.45, 2.75) is 26.7 Å². The van der Waals surface area contributed by atoms with E-state index in [-0.39, 0.29) is 0 Å². The molecule has 0 amide bonds. The molecule has 0 spiro atoms. The molecule has 1 saturated carbocycles. The molecule has 3 heteroatoms. The minimum Gasteiger partial charge on any atom is -0.494 e. The summed E-state index contributed by atoms with van der Waals surface area (Å²) in [6.07, 6.45) is 2.83. The average Bonchev–Trinajstić information content (AvgIpc) is 3.24. The van der Waals surface area contributed by atoms with E-state index in [4.69, 9.17) is 9.47 Å². The van der Waals surface area contributed by atoms with Gasteiger partial charge in [0.05, 0.1) is 6.61 Å². The van der Waals surface area contributed by atoms with Crippen LogP contribution in [0.3, 0.4) is 0 Å². The topological polar surface area (TPSA) is 21.7 Å². The highest BCUT2D eigenvalue weighted by atomic mass is 16.5. The smallest absolute Gasteiger partial charge is 0.119 e. The molecule has 106 valence electrons. The summed E-state index contributed by atoms with van der Waals surface area (Å²) in [5.41, 5.74) is 0. The first-order valence-electron chi connectivity index (χ1n) is 7.39. The molecule has 19 heavy (non-hydrogen) atoms. The summed E-state index contributed by atoms with van der Waals surface area (Å²) in [6.45, 7) is 9.04. The van der Waals surface area contributed by atoms with E-state index in [2.05, 4.69) is 11.8 Å². The van der Waals surface area contributed by atoms with Crippen molar-refractivity contribution < 1.29 is 9.47 Å². The highest BCUT2D eigenvalue weighted by molar-refractivity contribution is 5.31. The van der Waals surface area contributed by atoms with Crippen molar-refractivity contribution in [1.82, 2.24) is 4.90 Å². The molecule has 0 bridgehead atoms. The van der Waals surface area contributed by atoms with Gasteiger partial charge >= 0.3 is 0 Å². The van der Waals surface area contributed by atoms with Gasteiger partial charge in [-0.05, 0) is 56.5 Å². The van der Waals surface area contributed by atoms with E-state index in [9.17, 15) is 0 Å². The van der Waals surface area contributed by atoms with Crippen LogP contribution in [-0.2, 0) is 0 Å². The van der Waals surface area contributed by atoms with Crippen LogP contribution in [0.15, 0.2) is 24.3 Å². The van der Waals surface area contributed by atoms with Crippen molar-refractivity contribution in [2.24, 2.45) is 5.92 Å². The third-order valence-electron chi connectivity index (χ3n) is 3.47. The molecule has 1 aromatic rings. The van der Waals surface area contributed by atoms with Crippen LogP contribution >= 0.6 is 0 Å². The Morgan fingerprint density at radius 3 is 2.21 bits per heavy atom. The van der Waals surface area contributed by atoms with Crippen LogP contribution < -0.4 is 9.47 Å². The number of ether oxygens (including phenoxy) is 2. The summed E-state index contributed by atoms with van der Waals surface area (Å²) in [5, 5.41) is 0. The van der Waals surface area contributed by atoms with Crippen molar-refractivity contribution in [1.29, 1.82) is 0 Å². The maximum absolute atomic E-state index is 5.78. The van der Waals surface area contributed by atoms with E-state index in [1.807, 2.05) is 31.2 Å². The summed E-state index contributed by atoms with van der Waals surface area (Å²) in [4.78, 5) is 2.48. The fraction of sp³-hybridized carbons (Fsp3) is 0.625. The van der Waals surface area contributed by atoms with Gasteiger partial charge in [-0.2, -0.15) is 0 Å². The molecule has 0 radical (unpaired) electrons. The molecular weight excluding hydrogens is 238 g/mol. The lowest BCUT2D eigenvalue weighted by molar-refractivity contribution is 0.210. The van der Waals surface area contributed by atoms with Gasteiger partial charge in [-0.15, -0.1) is 0 Å². The molecule has 0 heterocycles. The second kappa shape index (κ2) is 7.39. The van der Waals surface area contributed by atoms with Crippen LogP contribution in [0, 0.1) is 5.92 Å². The number of benzene rings is 1. The third-order valence-corrected chi connectivity index (χ3v) is 3.47. The first-order valence-corrected chi connectivity index (χ1v) is 7.39. The van der Waals surface area contributed by atoms with Gasteiger partial charge in [0.1, 0.15) is 18.1 Å². The van der Waals surface area contributed by atoms with Crippen LogP contribution in [0.5, 0.6) is 11.5 Å². The molecule has 1 fully saturated rings. The van der Waals surface area contributed by atoms with Gasteiger partial charge in [-0.1, -0.05) is 6.92 Å². The highest BCUT2D eigenvalue weighted by Crippen LogP contribution is 2.29. The fourth-order valence-corrected chi connectivity index (χ4v) is 2.14. The van der Waals surface area contributed by atoms with Crippen molar-refractivity contribution >= 4 is 0 Å². The molecule has 3 nitrogen and oxygen atoms in total. The van der Waals surface area contributed by atoms with Gasteiger partial charge in [0.2, 0.25) is 0 Å². The third kappa shape index (κ3) is 5.11. The molecule has 1 aromatic carbocycles. The van der Waals surface area contributed by atoms with Gasteiger partial charge in [0.25, 0.3) is 0 Å². The molecule has 1 aliphatic carbocycles. The quantitative estimate of drug-likeness (QED) is 0.683. The molecule has 0 aliphatic heterocycles. The summed E-state index contributed by atoms with van der Waals surface area (Å²) in [7, 11) is 0. The number of nitrogens with zero attached hydrogens (tertiary/aromatic N) is 1. The lowest BCUT2D eigenvalue weighted by atomic mass is 10.3. The summed E-state index contributed by atoms with van der Waals surface area (Å²) in [6, 6.07) is 7.87. The van der Waals surface area contributed by atoms with E-state index < -0.39 is 0 Å². The lowest BCUT2D eigenvalue weighted by Gasteiger charge is -2.20. The van der Waals surface area contributed by atoms with Gasteiger partial charge < -0.3 is 9.47 Å². The largest absolute Gasteiger partial charge is 0.494 e. The fourth-order valence-electron chi connectivity index (χ4n) is 2.14. The summed E-state index contributed by atoms with van der Waals surface area (Å²) < 4.78 is 11.2. The zero-order chi connectivity index (χ0) is 13.5. The number of likely N-dealkylation sites (N-methyl/N-ethyl adjacent to an activating group) is 1. The molecule has 0 atom stereocenters. The molecule has 0 N–H and O–H groups in total. The van der Waals surface area contributed by atoms with E-state index in [1.54, 1.807) is 0 Å². The minimum atomic E-state index is 0.701. The Morgan fingerprint density at radius 1 is 1.05 bits per heavy atom. The summed E-state index contributed by atoms with van der Waals surface area (Å²) in [5.74, 6) is 2.77. The molecule has 0 saturated heterocycles. The first kappa shape index (κ1) is 14.2. The van der Waals surface area contributed by atoms with Crippen LogP contribution in [0.2, 0.25) is 0 Å². The van der Waals surface area contributed by atoms with E-state index in [1.165, 1.54) is 19.4 Å². The monoisotopic (exact) mass is 263 g/mol. The van der Waals surface area contributed by atoms with Crippen molar-refractivity contribution in [3.05, 3.63) is 24.3 Å². The molecule has 0 unspecified atom stereocenters. The van der Waals surface area contributed by atoms with Crippen LogP contribution in [-0.4, -0.2) is 37.7 Å². The van der Waals surface area contributed by atoms with Crippen LogP contribution in [0.25, 0.3) is 0 Å². The van der Waals surface area contributed by atoms with Gasteiger partial charge in [-0.25, -0.2) is 0 Å². The Labute approximate surface area is 116 Å². The minimum absolute atomic E-state index is 0.701. The molecule has 2 rings (SSSR count). The summed E-state index contributed by atoms with van der Waals surface area (Å²) >= 11 is 0. The van der Waals surface area contributed by atoms with Gasteiger partial charge in [-0.3, -0.25) is 4.90 Å². The van der Waals surface area contributed by atoms with E-state index >= 15 is 0 Å². The second-order valence-electron chi connectivity index (χ2n) is 5.09. The maximum atomic E-state index is 5.78. The molecular formula is C16H25NO2. The SMILES string of the molecule is CCOc1ccc(OCCN(CC)CC2CC2)cc1. The normalized spacial score (nSPS) is 14.7. The second-order valence-corrected chi connectivity index (χ2v) is 5.09. The van der Waals surface area contributed by atoms with Crippen LogP contribution in [0.1, 0.15) is 26.7 Å². The Hall–Kier alpha value is -1.22. The Bertz CT molecular complexity index is 360. The molecule has 1 aliphatic rings. The van der Waals surface area contributed by atoms with E-state index in [0.29, 0.717) is 6.61 Å². The lowest BCUT2D eigenvalue weighted by Crippen LogP contribution is -2.30. The van der Waals surface area contributed by atoms with Crippen LogP contribution in [0.4, 0.5) is 0 Å². The first-order chi connectivity index (χ1) is 9.31. The van der Waals surface area contributed by atoms with Crippen molar-refractivity contribution in [2.75, 3.05) is 32.8 Å². The molecule has 0 aromatic heterocycles. The Morgan fingerprint density at radius 2 is 1.68 bits per heavy atom.